The molecule has 7 aromatic carbocycles. The third-order valence-corrected chi connectivity index (χ3v) is 8.39. The Morgan fingerprint density at radius 1 is 0.341 bits per heavy atom. The summed E-state index contributed by atoms with van der Waals surface area (Å²) in [6.07, 6.45) is 0. The summed E-state index contributed by atoms with van der Waals surface area (Å²) in [4.78, 5) is 2.29. The van der Waals surface area contributed by atoms with Crippen molar-refractivity contribution in [1.29, 1.82) is 0 Å². The number of aromatic nitrogens is 1. The van der Waals surface area contributed by atoms with Crippen molar-refractivity contribution >= 4 is 38.9 Å². The molecule has 0 N–H and O–H groups in total. The largest absolute Gasteiger partial charge is 0.311 e. The van der Waals surface area contributed by atoms with Crippen molar-refractivity contribution in [2.45, 2.75) is 0 Å². The lowest BCUT2D eigenvalue weighted by Gasteiger charge is -2.25. The van der Waals surface area contributed by atoms with Crippen LogP contribution in [0.4, 0.5) is 17.1 Å². The number of hydrogen-bond donors (Lipinski definition) is 0. The van der Waals surface area contributed by atoms with Gasteiger partial charge < -0.3 is 9.47 Å². The molecule has 2 heteroatoms. The van der Waals surface area contributed by atoms with Crippen LogP contribution >= 0.6 is 0 Å². The number of nitrogens with zero attached hydrogens (tertiary/aromatic N) is 2. The molecule has 208 valence electrons. The molecule has 44 heavy (non-hydrogen) atoms. The van der Waals surface area contributed by atoms with Crippen LogP contribution in [0.3, 0.4) is 0 Å². The third-order valence-electron chi connectivity index (χ3n) is 8.39. The molecule has 0 bridgehead atoms. The first-order valence-electron chi connectivity index (χ1n) is 15.0. The monoisotopic (exact) mass is 562 g/mol. The van der Waals surface area contributed by atoms with Gasteiger partial charge in [-0.25, -0.2) is 0 Å². The van der Waals surface area contributed by atoms with E-state index in [-0.39, 0.29) is 0 Å². The Hall–Kier alpha value is -5.86. The summed E-state index contributed by atoms with van der Waals surface area (Å²) in [6, 6.07) is 65.0. The van der Waals surface area contributed by atoms with Crippen LogP contribution in [0.1, 0.15) is 0 Å². The van der Waals surface area contributed by atoms with E-state index in [0.29, 0.717) is 0 Å². The molecule has 1 heterocycles. The van der Waals surface area contributed by atoms with Crippen molar-refractivity contribution in [2.24, 2.45) is 0 Å². The fraction of sp³-hybridized carbons (Fsp3) is 0. The van der Waals surface area contributed by atoms with Gasteiger partial charge in [-0.15, -0.1) is 0 Å². The maximum absolute atomic E-state index is 2.41. The van der Waals surface area contributed by atoms with Gasteiger partial charge in [-0.3, -0.25) is 0 Å². The maximum atomic E-state index is 2.41. The molecule has 0 aliphatic carbocycles. The lowest BCUT2D eigenvalue weighted by molar-refractivity contribution is 1.18. The molecule has 1 aromatic heterocycles. The molecule has 2 nitrogen and oxygen atoms in total. The Balaban J connectivity index is 1.20. The summed E-state index contributed by atoms with van der Waals surface area (Å²) < 4.78 is 2.41. The molecule has 0 radical (unpaired) electrons. The highest BCUT2D eigenvalue weighted by Crippen LogP contribution is 2.38. The normalized spacial score (nSPS) is 11.2. The fourth-order valence-corrected chi connectivity index (χ4v) is 6.37. The van der Waals surface area contributed by atoms with Crippen molar-refractivity contribution in [1.82, 2.24) is 4.57 Å². The van der Waals surface area contributed by atoms with Gasteiger partial charge in [0, 0.05) is 33.4 Å². The van der Waals surface area contributed by atoms with Gasteiger partial charge in [0.1, 0.15) is 0 Å². The minimum absolute atomic E-state index is 1.12. The molecule has 0 aliphatic rings. The first-order valence-corrected chi connectivity index (χ1v) is 15.0. The number of benzene rings is 7. The van der Waals surface area contributed by atoms with Gasteiger partial charge in [0.15, 0.2) is 0 Å². The summed E-state index contributed by atoms with van der Waals surface area (Å²) in [5, 5.41) is 2.54. The second kappa shape index (κ2) is 11.1. The van der Waals surface area contributed by atoms with Gasteiger partial charge in [-0.1, -0.05) is 121 Å². The van der Waals surface area contributed by atoms with Crippen molar-refractivity contribution in [3.63, 3.8) is 0 Å². The zero-order chi connectivity index (χ0) is 29.3. The second-order valence-electron chi connectivity index (χ2n) is 11.0. The van der Waals surface area contributed by atoms with E-state index in [1.165, 1.54) is 49.7 Å². The molecule has 0 fully saturated rings. The number of para-hydroxylation sites is 5. The van der Waals surface area contributed by atoms with Crippen molar-refractivity contribution in [3.8, 4) is 27.9 Å². The highest BCUT2D eigenvalue weighted by molar-refractivity contribution is 6.09. The summed E-state index contributed by atoms with van der Waals surface area (Å²) in [5.41, 5.74) is 11.8. The molecule has 0 spiro atoms. The average Bonchev–Trinajstić information content (AvgIpc) is 3.44. The Kier molecular flexibility index (Phi) is 6.51. The van der Waals surface area contributed by atoms with Crippen LogP contribution in [0, 0.1) is 0 Å². The highest BCUT2D eigenvalue weighted by Gasteiger charge is 2.16. The molecule has 0 aliphatic heterocycles. The smallest absolute Gasteiger partial charge is 0.0541 e. The number of anilines is 3. The topological polar surface area (TPSA) is 8.17 Å². The molecular weight excluding hydrogens is 532 g/mol. The highest BCUT2D eigenvalue weighted by atomic mass is 15.1. The van der Waals surface area contributed by atoms with E-state index in [1.807, 2.05) is 0 Å². The van der Waals surface area contributed by atoms with Crippen LogP contribution in [0.2, 0.25) is 0 Å². The number of fused-ring (bicyclic) bond motifs is 3. The van der Waals surface area contributed by atoms with Gasteiger partial charge in [-0.05, 0) is 77.4 Å². The standard InChI is InChI=1S/C42H30N2/c1-3-16-34(17-4-1)43(35-18-5-2-6-19-35)36-28-26-31(27-29-36)32-14-13-15-33(30-32)37-20-7-10-23-40(37)44-41-24-11-8-21-38(41)39-22-9-12-25-42(39)44/h1-30H. The Morgan fingerprint density at radius 2 is 0.841 bits per heavy atom. The molecule has 0 unspecified atom stereocenters. The first kappa shape index (κ1) is 25.8. The minimum Gasteiger partial charge on any atom is -0.311 e. The SMILES string of the molecule is c1ccc(N(c2ccccc2)c2ccc(-c3cccc(-c4ccccc4-n4c5ccccc5c5ccccc54)c3)cc2)cc1. The first-order chi connectivity index (χ1) is 21.8. The molecular formula is C42H30N2. The minimum atomic E-state index is 1.12. The van der Waals surface area contributed by atoms with Crippen LogP contribution in [0.5, 0.6) is 0 Å². The Morgan fingerprint density at radius 3 is 1.48 bits per heavy atom. The lowest BCUT2D eigenvalue weighted by atomic mass is 9.97. The van der Waals surface area contributed by atoms with E-state index < -0.39 is 0 Å². The predicted molar refractivity (Wildman–Crippen MR) is 186 cm³/mol. The van der Waals surface area contributed by atoms with E-state index >= 15 is 0 Å². The van der Waals surface area contributed by atoms with E-state index in [0.717, 1.165) is 17.1 Å². The van der Waals surface area contributed by atoms with Crippen LogP contribution in [0.25, 0.3) is 49.7 Å². The van der Waals surface area contributed by atoms with E-state index in [2.05, 4.69) is 191 Å². The molecule has 0 atom stereocenters. The zero-order valence-corrected chi connectivity index (χ0v) is 24.2. The second-order valence-corrected chi connectivity index (χ2v) is 11.0. The number of rotatable bonds is 6. The Bertz CT molecular complexity index is 2120. The van der Waals surface area contributed by atoms with Crippen LogP contribution in [-0.2, 0) is 0 Å². The molecule has 0 amide bonds. The summed E-state index contributed by atoms with van der Waals surface area (Å²) in [5.74, 6) is 0. The van der Waals surface area contributed by atoms with Crippen molar-refractivity contribution in [2.75, 3.05) is 4.90 Å². The summed E-state index contributed by atoms with van der Waals surface area (Å²) in [7, 11) is 0. The van der Waals surface area contributed by atoms with E-state index in [4.69, 9.17) is 0 Å². The lowest BCUT2D eigenvalue weighted by Crippen LogP contribution is -2.09. The number of hydrogen-bond acceptors (Lipinski definition) is 1. The molecule has 0 saturated carbocycles. The zero-order valence-electron chi connectivity index (χ0n) is 24.2. The third kappa shape index (κ3) is 4.54. The van der Waals surface area contributed by atoms with Gasteiger partial charge in [0.2, 0.25) is 0 Å². The van der Waals surface area contributed by atoms with Crippen LogP contribution in [-0.4, -0.2) is 4.57 Å². The Labute approximate surface area is 257 Å². The quantitative estimate of drug-likeness (QED) is 0.196. The molecule has 8 rings (SSSR count). The maximum Gasteiger partial charge on any atom is 0.0541 e. The van der Waals surface area contributed by atoms with Gasteiger partial charge in [-0.2, -0.15) is 0 Å². The van der Waals surface area contributed by atoms with Crippen LogP contribution < -0.4 is 4.90 Å². The van der Waals surface area contributed by atoms with Gasteiger partial charge >= 0.3 is 0 Å². The van der Waals surface area contributed by atoms with Gasteiger partial charge in [0.05, 0.1) is 16.7 Å². The molecule has 8 aromatic rings. The average molecular weight is 563 g/mol. The fourth-order valence-electron chi connectivity index (χ4n) is 6.37. The van der Waals surface area contributed by atoms with Crippen LogP contribution in [0.15, 0.2) is 182 Å². The summed E-state index contributed by atoms with van der Waals surface area (Å²) >= 11 is 0. The van der Waals surface area contributed by atoms with E-state index in [9.17, 15) is 0 Å². The summed E-state index contributed by atoms with van der Waals surface area (Å²) in [6.45, 7) is 0. The van der Waals surface area contributed by atoms with Crippen molar-refractivity contribution < 1.29 is 0 Å². The predicted octanol–water partition coefficient (Wildman–Crippen LogP) is 11.6. The molecule has 0 saturated heterocycles. The van der Waals surface area contributed by atoms with Gasteiger partial charge in [0.25, 0.3) is 0 Å². The van der Waals surface area contributed by atoms with Crippen molar-refractivity contribution in [3.05, 3.63) is 182 Å². The van der Waals surface area contributed by atoms with E-state index in [1.54, 1.807) is 0 Å².